The van der Waals surface area contributed by atoms with Crippen molar-refractivity contribution >= 4 is 11.7 Å². The number of carbonyl (C=O) groups is 2. The monoisotopic (exact) mass is 348 g/mol. The van der Waals surface area contributed by atoms with Crippen LogP contribution in [-0.2, 0) is 4.79 Å². The Balaban J connectivity index is 2.02. The summed E-state index contributed by atoms with van der Waals surface area (Å²) in [5.41, 5.74) is 0.159. The summed E-state index contributed by atoms with van der Waals surface area (Å²) in [5.74, 6) is 1.21. The molecule has 0 saturated carbocycles. The molecule has 1 amide bonds. The molecule has 6 nitrogen and oxygen atoms in total. The van der Waals surface area contributed by atoms with Crippen LogP contribution in [0.15, 0.2) is 18.2 Å². The molecule has 1 aromatic carbocycles. The molecule has 0 saturated heterocycles. The van der Waals surface area contributed by atoms with E-state index in [1.54, 1.807) is 18.2 Å². The van der Waals surface area contributed by atoms with Crippen molar-refractivity contribution in [2.24, 2.45) is 5.92 Å². The normalized spacial score (nSPS) is 14.7. The summed E-state index contributed by atoms with van der Waals surface area (Å²) < 4.78 is 10.6. The first-order valence-electron chi connectivity index (χ1n) is 8.57. The summed E-state index contributed by atoms with van der Waals surface area (Å²) in [6.45, 7) is 10.3. The van der Waals surface area contributed by atoms with Gasteiger partial charge in [-0.25, -0.2) is 0 Å². The van der Waals surface area contributed by atoms with E-state index in [2.05, 4.69) is 5.32 Å². The molecule has 1 aliphatic heterocycles. The predicted molar refractivity (Wildman–Crippen MR) is 96.0 cm³/mol. The number of ketones is 1. The van der Waals surface area contributed by atoms with E-state index < -0.39 is 5.54 Å². The van der Waals surface area contributed by atoms with Crippen molar-refractivity contribution in [1.29, 1.82) is 0 Å². The lowest BCUT2D eigenvalue weighted by Gasteiger charge is -2.34. The van der Waals surface area contributed by atoms with Crippen LogP contribution >= 0.6 is 0 Å². The van der Waals surface area contributed by atoms with Crippen LogP contribution in [0.5, 0.6) is 11.5 Å². The first-order chi connectivity index (χ1) is 11.6. The van der Waals surface area contributed by atoms with Gasteiger partial charge in [-0.3, -0.25) is 14.5 Å². The van der Waals surface area contributed by atoms with Gasteiger partial charge in [-0.15, -0.1) is 0 Å². The van der Waals surface area contributed by atoms with Gasteiger partial charge in [0.25, 0.3) is 0 Å². The van der Waals surface area contributed by atoms with Gasteiger partial charge in [-0.1, -0.05) is 13.8 Å². The van der Waals surface area contributed by atoms with Crippen LogP contribution < -0.4 is 14.8 Å². The first kappa shape index (κ1) is 19.2. The highest BCUT2D eigenvalue weighted by atomic mass is 16.7. The fourth-order valence-electron chi connectivity index (χ4n) is 2.77. The van der Waals surface area contributed by atoms with Crippen LogP contribution in [0.1, 0.15) is 45.0 Å². The summed E-state index contributed by atoms with van der Waals surface area (Å²) in [5, 5.41) is 3.03. The van der Waals surface area contributed by atoms with Gasteiger partial charge in [0.1, 0.15) is 0 Å². The third-order valence-corrected chi connectivity index (χ3v) is 4.33. The van der Waals surface area contributed by atoms with Crippen molar-refractivity contribution in [3.05, 3.63) is 23.8 Å². The number of amides is 1. The van der Waals surface area contributed by atoms with Crippen LogP contribution in [0.4, 0.5) is 0 Å². The molecule has 1 heterocycles. The second kappa shape index (κ2) is 7.44. The molecule has 0 aromatic heterocycles. The number of Topliss-reactive ketones (excluding diaryl/α,β-unsaturated/α-hetero) is 1. The quantitative estimate of drug-likeness (QED) is 0.767. The van der Waals surface area contributed by atoms with E-state index in [4.69, 9.17) is 9.47 Å². The number of hydrogen-bond donors (Lipinski definition) is 1. The highest BCUT2D eigenvalue weighted by Crippen LogP contribution is 2.33. The molecule has 0 fully saturated rings. The molecule has 0 aliphatic carbocycles. The average molecular weight is 348 g/mol. The number of fused-ring (bicyclic) bond motifs is 1. The average Bonchev–Trinajstić information content (AvgIpc) is 2.99. The number of carbonyl (C=O) groups excluding carboxylic acids is 2. The molecule has 138 valence electrons. The smallest absolute Gasteiger partial charge is 0.231 e. The maximum Gasteiger partial charge on any atom is 0.231 e. The molecule has 6 heteroatoms. The van der Waals surface area contributed by atoms with Gasteiger partial charge in [0.05, 0.1) is 6.04 Å². The number of ether oxygens (including phenoxy) is 2. The second-order valence-electron chi connectivity index (χ2n) is 7.55. The van der Waals surface area contributed by atoms with Gasteiger partial charge in [0, 0.05) is 23.6 Å². The highest BCUT2D eigenvalue weighted by molar-refractivity contribution is 6.00. The summed E-state index contributed by atoms with van der Waals surface area (Å²) in [7, 11) is 1.89. The zero-order chi connectivity index (χ0) is 18.8. The van der Waals surface area contributed by atoms with Gasteiger partial charge in [-0.05, 0) is 46.0 Å². The van der Waals surface area contributed by atoms with Gasteiger partial charge >= 0.3 is 0 Å². The molecule has 0 spiro atoms. The van der Waals surface area contributed by atoms with Gasteiger partial charge in [0.2, 0.25) is 12.7 Å². The minimum absolute atomic E-state index is 0.00628. The number of nitrogens with one attached hydrogen (secondary N) is 1. The molecule has 2 rings (SSSR count). The molecule has 1 N–H and O–H groups in total. The minimum atomic E-state index is -0.431. The fourth-order valence-corrected chi connectivity index (χ4v) is 2.77. The van der Waals surface area contributed by atoms with Crippen molar-refractivity contribution in [3.8, 4) is 11.5 Å². The Labute approximate surface area is 149 Å². The number of nitrogens with zero attached hydrogens (tertiary/aromatic N) is 1. The van der Waals surface area contributed by atoms with Crippen LogP contribution in [0.3, 0.4) is 0 Å². The van der Waals surface area contributed by atoms with Crippen molar-refractivity contribution < 1.29 is 19.1 Å². The van der Waals surface area contributed by atoms with Crippen molar-refractivity contribution in [2.45, 2.75) is 46.2 Å². The lowest BCUT2D eigenvalue weighted by atomic mass is 9.99. The van der Waals surface area contributed by atoms with E-state index >= 15 is 0 Å². The SMILES string of the molecule is CC(C)C(=O)NC(C)(C)CN(C)C(C)C(=O)c1ccc2c(c1)OCO2. The lowest BCUT2D eigenvalue weighted by molar-refractivity contribution is -0.125. The summed E-state index contributed by atoms with van der Waals surface area (Å²) >= 11 is 0. The summed E-state index contributed by atoms with van der Waals surface area (Å²) in [4.78, 5) is 26.7. The Bertz CT molecular complexity index is 655. The maximum atomic E-state index is 12.8. The van der Waals surface area contributed by atoms with E-state index in [1.807, 2.05) is 46.6 Å². The Kier molecular flexibility index (Phi) is 5.72. The molecule has 1 aliphatic rings. The van der Waals surface area contributed by atoms with E-state index in [9.17, 15) is 9.59 Å². The molecular weight excluding hydrogens is 320 g/mol. The maximum absolute atomic E-state index is 12.8. The highest BCUT2D eigenvalue weighted by Gasteiger charge is 2.28. The Morgan fingerprint density at radius 3 is 2.48 bits per heavy atom. The Morgan fingerprint density at radius 1 is 1.20 bits per heavy atom. The van der Waals surface area contributed by atoms with Crippen molar-refractivity contribution in [3.63, 3.8) is 0 Å². The van der Waals surface area contributed by atoms with Gasteiger partial charge in [0.15, 0.2) is 17.3 Å². The second-order valence-corrected chi connectivity index (χ2v) is 7.55. The number of benzene rings is 1. The van der Waals surface area contributed by atoms with Crippen LogP contribution in [-0.4, -0.2) is 48.6 Å². The zero-order valence-corrected chi connectivity index (χ0v) is 15.9. The molecule has 25 heavy (non-hydrogen) atoms. The molecule has 1 atom stereocenters. The van der Waals surface area contributed by atoms with Crippen molar-refractivity contribution in [2.75, 3.05) is 20.4 Å². The van der Waals surface area contributed by atoms with E-state index in [0.717, 1.165) is 0 Å². The van der Waals surface area contributed by atoms with E-state index in [1.165, 1.54) is 0 Å². The van der Waals surface area contributed by atoms with Crippen molar-refractivity contribution in [1.82, 2.24) is 10.2 Å². The number of likely N-dealkylation sites (N-methyl/N-ethyl adjacent to an activating group) is 1. The molecular formula is C19H28N2O4. The topological polar surface area (TPSA) is 67.9 Å². The van der Waals surface area contributed by atoms with E-state index in [-0.39, 0.29) is 30.4 Å². The zero-order valence-electron chi connectivity index (χ0n) is 15.9. The largest absolute Gasteiger partial charge is 0.454 e. The van der Waals surface area contributed by atoms with Gasteiger partial charge < -0.3 is 14.8 Å². The number of hydrogen-bond acceptors (Lipinski definition) is 5. The van der Waals surface area contributed by atoms with E-state index in [0.29, 0.717) is 23.6 Å². The first-order valence-corrected chi connectivity index (χ1v) is 8.57. The van der Waals surface area contributed by atoms with Gasteiger partial charge in [-0.2, -0.15) is 0 Å². The molecule has 1 aromatic rings. The minimum Gasteiger partial charge on any atom is -0.454 e. The molecule has 0 radical (unpaired) electrons. The third kappa shape index (κ3) is 4.72. The number of rotatable bonds is 7. The lowest BCUT2D eigenvalue weighted by Crippen LogP contribution is -2.54. The summed E-state index contributed by atoms with van der Waals surface area (Å²) in [6, 6.07) is 4.91. The molecule has 0 bridgehead atoms. The van der Waals surface area contributed by atoms with Crippen LogP contribution in [0.2, 0.25) is 0 Å². The van der Waals surface area contributed by atoms with Crippen LogP contribution in [0, 0.1) is 5.92 Å². The third-order valence-electron chi connectivity index (χ3n) is 4.33. The Hall–Kier alpha value is -2.08. The Morgan fingerprint density at radius 2 is 1.84 bits per heavy atom. The molecule has 1 unspecified atom stereocenters. The summed E-state index contributed by atoms with van der Waals surface area (Å²) in [6.07, 6.45) is 0. The van der Waals surface area contributed by atoms with Crippen LogP contribution in [0.25, 0.3) is 0 Å². The predicted octanol–water partition coefficient (Wildman–Crippen LogP) is 2.47. The standard InChI is InChI=1S/C19H28N2O4/c1-12(2)18(23)20-19(4,5)10-21(6)13(3)17(22)14-7-8-15-16(9-14)25-11-24-15/h7-9,12-13H,10-11H2,1-6H3,(H,20,23). The fraction of sp³-hybridized carbons (Fsp3) is 0.579.